The Kier molecular flexibility index (Phi) is 5.56. The van der Waals surface area contributed by atoms with Crippen molar-refractivity contribution in [1.82, 2.24) is 10.6 Å². The number of guanidine groups is 1. The fourth-order valence-electron chi connectivity index (χ4n) is 3.85. The Bertz CT molecular complexity index is 624. The molecule has 1 aromatic rings. The quantitative estimate of drug-likeness (QED) is 0.408. The topological polar surface area (TPSA) is 45.7 Å². The molecule has 2 N–H and O–H groups in total. The summed E-state index contributed by atoms with van der Waals surface area (Å²) in [4.78, 5) is 4.30. The van der Waals surface area contributed by atoms with Gasteiger partial charge >= 0.3 is 0 Å². The Labute approximate surface area is 163 Å². The maximum absolute atomic E-state index is 14.0. The van der Waals surface area contributed by atoms with Crippen LogP contribution in [0.25, 0.3) is 0 Å². The lowest BCUT2D eigenvalue weighted by Gasteiger charge is -2.22. The highest BCUT2D eigenvalue weighted by Crippen LogP contribution is 2.45. The van der Waals surface area contributed by atoms with E-state index in [0.717, 1.165) is 25.2 Å². The second-order valence-corrected chi connectivity index (χ2v) is 7.07. The van der Waals surface area contributed by atoms with Gasteiger partial charge in [0.05, 0.1) is 18.2 Å². The van der Waals surface area contributed by atoms with Crippen LogP contribution in [0.2, 0.25) is 5.02 Å². The Hall–Kier alpha value is -0.600. The number of benzene rings is 1. The Balaban J connectivity index is 0.00000169. The van der Waals surface area contributed by atoms with E-state index in [1.165, 1.54) is 12.5 Å². The molecule has 2 aliphatic heterocycles. The van der Waals surface area contributed by atoms with Gasteiger partial charge in [0.25, 0.3) is 0 Å². The van der Waals surface area contributed by atoms with E-state index in [2.05, 4.69) is 15.6 Å². The van der Waals surface area contributed by atoms with Crippen LogP contribution in [0.4, 0.5) is 4.39 Å². The first kappa shape index (κ1) is 18.2. The lowest BCUT2D eigenvalue weighted by Crippen LogP contribution is -2.48. The van der Waals surface area contributed by atoms with Crippen LogP contribution in [-0.2, 0) is 4.74 Å². The molecule has 4 nitrogen and oxygen atoms in total. The lowest BCUT2D eigenvalue weighted by atomic mass is 9.96. The van der Waals surface area contributed by atoms with Crippen LogP contribution in [0.5, 0.6) is 0 Å². The Morgan fingerprint density at radius 2 is 2.04 bits per heavy atom. The van der Waals surface area contributed by atoms with Crippen molar-refractivity contribution in [3.05, 3.63) is 34.6 Å². The van der Waals surface area contributed by atoms with Crippen molar-refractivity contribution < 1.29 is 9.13 Å². The lowest BCUT2D eigenvalue weighted by molar-refractivity contribution is 0.0992. The van der Waals surface area contributed by atoms with Gasteiger partial charge in [-0.05, 0) is 37.8 Å². The van der Waals surface area contributed by atoms with Gasteiger partial charge in [0.1, 0.15) is 5.82 Å². The molecule has 3 aliphatic rings. The molecule has 132 valence electrons. The maximum atomic E-state index is 14.0. The molecule has 1 aliphatic carbocycles. The monoisotopic (exact) mass is 465 g/mol. The molecule has 0 aromatic heterocycles. The van der Waals surface area contributed by atoms with Crippen molar-refractivity contribution in [2.45, 2.75) is 55.9 Å². The summed E-state index contributed by atoms with van der Waals surface area (Å²) in [5.41, 5.74) is 0.616. The van der Waals surface area contributed by atoms with E-state index in [4.69, 9.17) is 16.3 Å². The smallest absolute Gasteiger partial charge is 0.191 e. The predicted molar refractivity (Wildman–Crippen MR) is 104 cm³/mol. The zero-order valence-corrected chi connectivity index (χ0v) is 16.6. The first-order valence-corrected chi connectivity index (χ1v) is 8.62. The van der Waals surface area contributed by atoms with Crippen LogP contribution < -0.4 is 10.6 Å². The summed E-state index contributed by atoms with van der Waals surface area (Å²) < 4.78 is 19.8. The van der Waals surface area contributed by atoms with Crippen LogP contribution in [-0.4, -0.2) is 37.3 Å². The zero-order chi connectivity index (χ0) is 16.0. The first-order chi connectivity index (χ1) is 11.2. The van der Waals surface area contributed by atoms with Crippen molar-refractivity contribution in [3.8, 4) is 0 Å². The van der Waals surface area contributed by atoms with E-state index in [-0.39, 0.29) is 41.8 Å². The first-order valence-electron chi connectivity index (χ1n) is 8.25. The van der Waals surface area contributed by atoms with Gasteiger partial charge in [-0.1, -0.05) is 17.7 Å². The standard InChI is InChI=1S/C17H21ClFN3O.HI/c1-20-17(22-14-7-9-5-6-15(14)23-9)21-13-8-10(13)16-11(18)3-2-4-12(16)19;/h2-4,9-10,13-15H,5-8H2,1H3,(H2,20,21,22);1H. The third-order valence-corrected chi connectivity index (χ3v) is 5.46. The number of hydrogen-bond donors (Lipinski definition) is 2. The summed E-state index contributed by atoms with van der Waals surface area (Å²) in [5.74, 6) is 0.654. The number of fused-ring (bicyclic) bond motifs is 2. The van der Waals surface area contributed by atoms with Gasteiger partial charge in [0, 0.05) is 29.6 Å². The number of nitrogens with one attached hydrogen (secondary N) is 2. The van der Waals surface area contributed by atoms with Crippen LogP contribution in [0.3, 0.4) is 0 Å². The van der Waals surface area contributed by atoms with Gasteiger partial charge in [-0.3, -0.25) is 4.99 Å². The molecule has 5 unspecified atom stereocenters. The van der Waals surface area contributed by atoms with Crippen LogP contribution >= 0.6 is 35.6 Å². The zero-order valence-electron chi connectivity index (χ0n) is 13.5. The van der Waals surface area contributed by atoms with Gasteiger partial charge in [0.2, 0.25) is 0 Å². The average molecular weight is 466 g/mol. The molecule has 1 saturated carbocycles. The third kappa shape index (κ3) is 3.51. The molecule has 0 amide bonds. The van der Waals surface area contributed by atoms with Gasteiger partial charge in [0.15, 0.2) is 5.96 Å². The molecule has 2 heterocycles. The van der Waals surface area contributed by atoms with Gasteiger partial charge in [-0.2, -0.15) is 0 Å². The number of rotatable bonds is 3. The largest absolute Gasteiger partial charge is 0.373 e. The molecule has 3 fully saturated rings. The van der Waals surface area contributed by atoms with Crippen molar-refractivity contribution in [2.75, 3.05) is 7.05 Å². The Morgan fingerprint density at radius 1 is 1.25 bits per heavy atom. The minimum atomic E-state index is -0.226. The normalized spacial score (nSPS) is 34.0. The van der Waals surface area contributed by atoms with Crippen LogP contribution in [0, 0.1) is 5.82 Å². The van der Waals surface area contributed by atoms with E-state index in [1.54, 1.807) is 19.2 Å². The summed E-state index contributed by atoms with van der Waals surface area (Å²) in [6, 6.07) is 5.36. The highest BCUT2D eigenvalue weighted by molar-refractivity contribution is 14.0. The summed E-state index contributed by atoms with van der Waals surface area (Å²) >= 11 is 6.15. The minimum absolute atomic E-state index is 0. The molecule has 4 rings (SSSR count). The van der Waals surface area contributed by atoms with Crippen molar-refractivity contribution in [2.24, 2.45) is 4.99 Å². The van der Waals surface area contributed by atoms with Gasteiger partial charge in [-0.15, -0.1) is 24.0 Å². The van der Waals surface area contributed by atoms with Crippen LogP contribution in [0.1, 0.15) is 37.2 Å². The summed E-state index contributed by atoms with van der Waals surface area (Å²) in [7, 11) is 1.76. The molecule has 0 spiro atoms. The number of nitrogens with zero attached hydrogens (tertiary/aromatic N) is 1. The number of hydrogen-bond acceptors (Lipinski definition) is 2. The van der Waals surface area contributed by atoms with Crippen molar-refractivity contribution >= 4 is 41.5 Å². The molecule has 2 saturated heterocycles. The second-order valence-electron chi connectivity index (χ2n) is 6.66. The summed E-state index contributed by atoms with van der Waals surface area (Å²) in [6.45, 7) is 0. The molecule has 5 atom stereocenters. The van der Waals surface area contributed by atoms with Gasteiger partial charge < -0.3 is 15.4 Å². The molecule has 7 heteroatoms. The van der Waals surface area contributed by atoms with Gasteiger partial charge in [-0.25, -0.2) is 4.39 Å². The van der Waals surface area contributed by atoms with E-state index in [0.29, 0.717) is 28.8 Å². The van der Waals surface area contributed by atoms with E-state index in [9.17, 15) is 4.39 Å². The van der Waals surface area contributed by atoms with E-state index in [1.807, 2.05) is 0 Å². The molecular formula is C17H22ClFIN3O. The molecular weight excluding hydrogens is 444 g/mol. The van der Waals surface area contributed by atoms with Crippen molar-refractivity contribution in [3.63, 3.8) is 0 Å². The number of halogens is 3. The van der Waals surface area contributed by atoms with Crippen LogP contribution in [0.15, 0.2) is 23.2 Å². The highest BCUT2D eigenvalue weighted by Gasteiger charge is 2.44. The molecule has 24 heavy (non-hydrogen) atoms. The maximum Gasteiger partial charge on any atom is 0.191 e. The Morgan fingerprint density at radius 3 is 2.67 bits per heavy atom. The summed E-state index contributed by atoms with van der Waals surface area (Å²) in [6.07, 6.45) is 4.91. The highest BCUT2D eigenvalue weighted by atomic mass is 127. The average Bonchev–Trinajstić information content (AvgIpc) is 2.95. The second kappa shape index (κ2) is 7.33. The molecule has 2 bridgehead atoms. The number of aliphatic imine (C=N–C) groups is 1. The fourth-order valence-corrected chi connectivity index (χ4v) is 4.15. The summed E-state index contributed by atoms with van der Waals surface area (Å²) in [5, 5.41) is 7.35. The third-order valence-electron chi connectivity index (χ3n) is 5.13. The SMILES string of the molecule is CN=C(NC1CC2CCC1O2)NC1CC1c1c(F)cccc1Cl.I. The predicted octanol–water partition coefficient (Wildman–Crippen LogP) is 3.44. The molecule has 0 radical (unpaired) electrons. The fraction of sp³-hybridized carbons (Fsp3) is 0.588. The molecule has 1 aromatic carbocycles. The van der Waals surface area contributed by atoms with E-state index < -0.39 is 0 Å². The number of ether oxygens (including phenoxy) is 1. The minimum Gasteiger partial charge on any atom is -0.373 e. The van der Waals surface area contributed by atoms with E-state index >= 15 is 0 Å². The van der Waals surface area contributed by atoms with Crippen molar-refractivity contribution in [1.29, 1.82) is 0 Å².